The van der Waals surface area contributed by atoms with Crippen LogP contribution in [0.3, 0.4) is 0 Å². The average Bonchev–Trinajstić information content (AvgIpc) is 2.87. The van der Waals surface area contributed by atoms with E-state index < -0.39 is 11.7 Å². The van der Waals surface area contributed by atoms with Gasteiger partial charge in [-0.2, -0.15) is 0 Å². The van der Waals surface area contributed by atoms with Crippen LogP contribution in [0.2, 0.25) is 0 Å². The zero-order valence-corrected chi connectivity index (χ0v) is 16.3. The molecule has 3 atom stereocenters. The first-order valence-corrected chi connectivity index (χ1v) is 10.6. The normalized spacial score (nSPS) is 27.0. The van der Waals surface area contributed by atoms with Crippen LogP contribution in [0, 0.1) is 5.92 Å². The van der Waals surface area contributed by atoms with Crippen molar-refractivity contribution >= 4 is 0 Å². The van der Waals surface area contributed by atoms with Crippen molar-refractivity contribution in [3.63, 3.8) is 0 Å². The Balaban J connectivity index is 1.87. The van der Waals surface area contributed by atoms with Gasteiger partial charge < -0.3 is 14.9 Å². The predicted octanol–water partition coefficient (Wildman–Crippen LogP) is 5.23. The first-order valence-electron chi connectivity index (χ1n) is 10.6. The predicted molar refractivity (Wildman–Crippen MR) is 101 cm³/mol. The van der Waals surface area contributed by atoms with Crippen molar-refractivity contribution in [2.45, 2.75) is 115 Å². The van der Waals surface area contributed by atoms with Crippen LogP contribution in [0.25, 0.3) is 0 Å². The minimum Gasteiger partial charge on any atom is -0.396 e. The van der Waals surface area contributed by atoms with Gasteiger partial charge in [0.15, 0.2) is 0 Å². The third-order valence-electron chi connectivity index (χ3n) is 5.71. The van der Waals surface area contributed by atoms with E-state index in [0.29, 0.717) is 6.61 Å². The van der Waals surface area contributed by atoms with E-state index in [9.17, 15) is 10.2 Å². The van der Waals surface area contributed by atoms with Gasteiger partial charge in [0.1, 0.15) is 0 Å². The number of aliphatic hydroxyl groups is 2. The van der Waals surface area contributed by atoms with E-state index in [0.717, 1.165) is 12.8 Å². The summed E-state index contributed by atoms with van der Waals surface area (Å²) >= 11 is 0. The quantitative estimate of drug-likeness (QED) is 0.401. The van der Waals surface area contributed by atoms with Crippen molar-refractivity contribution in [3.05, 3.63) is 0 Å². The van der Waals surface area contributed by atoms with Crippen LogP contribution < -0.4 is 0 Å². The average molecular weight is 343 g/mol. The number of unbranched alkanes of at least 4 members (excludes halogenated alkanes) is 12. The highest BCUT2D eigenvalue weighted by Crippen LogP contribution is 2.34. The molecule has 0 aromatic carbocycles. The molecule has 1 heterocycles. The van der Waals surface area contributed by atoms with E-state index in [1.54, 1.807) is 0 Å². The Morgan fingerprint density at radius 1 is 0.833 bits per heavy atom. The molecule has 1 aliphatic heterocycles. The van der Waals surface area contributed by atoms with Gasteiger partial charge in [-0.05, 0) is 13.3 Å². The Morgan fingerprint density at radius 2 is 1.29 bits per heavy atom. The second-order valence-electron chi connectivity index (χ2n) is 8.00. The smallest absolute Gasteiger partial charge is 0.0916 e. The molecule has 1 saturated heterocycles. The minimum atomic E-state index is -0.514. The summed E-state index contributed by atoms with van der Waals surface area (Å²) in [6, 6.07) is 0. The largest absolute Gasteiger partial charge is 0.396 e. The van der Waals surface area contributed by atoms with E-state index in [-0.39, 0.29) is 12.5 Å². The monoisotopic (exact) mass is 342 g/mol. The molecule has 2 N–H and O–H groups in total. The first kappa shape index (κ1) is 21.9. The van der Waals surface area contributed by atoms with Crippen molar-refractivity contribution in [2.24, 2.45) is 5.92 Å². The summed E-state index contributed by atoms with van der Waals surface area (Å²) in [5.74, 6) is -0.100. The molecule has 0 bridgehead atoms. The van der Waals surface area contributed by atoms with Gasteiger partial charge in [-0.15, -0.1) is 0 Å². The Hall–Kier alpha value is -0.120. The molecule has 0 unspecified atom stereocenters. The summed E-state index contributed by atoms with van der Waals surface area (Å²) in [6.45, 7) is 4.78. The molecule has 0 aromatic rings. The van der Waals surface area contributed by atoms with Crippen molar-refractivity contribution in [1.29, 1.82) is 0 Å². The number of ether oxygens (including phenoxy) is 1. The standard InChI is InChI=1S/C21H42O3/c1-3-4-5-6-7-8-9-10-11-12-13-14-15-16-21(2)20(23)19(17-22)18-24-21/h19-20,22-23H,3-18H2,1-2H3/t19-,20+,21+/m1/s1. The van der Waals surface area contributed by atoms with Gasteiger partial charge in [0, 0.05) is 5.92 Å². The van der Waals surface area contributed by atoms with Crippen molar-refractivity contribution in [2.75, 3.05) is 13.2 Å². The summed E-state index contributed by atoms with van der Waals surface area (Å²) in [7, 11) is 0. The maximum Gasteiger partial charge on any atom is 0.0916 e. The second kappa shape index (κ2) is 13.1. The van der Waals surface area contributed by atoms with Crippen molar-refractivity contribution in [1.82, 2.24) is 0 Å². The molecule has 3 nitrogen and oxygen atoms in total. The van der Waals surface area contributed by atoms with Gasteiger partial charge in [0.05, 0.1) is 24.9 Å². The lowest BCUT2D eigenvalue weighted by atomic mass is 9.88. The molecule has 3 heteroatoms. The summed E-state index contributed by atoms with van der Waals surface area (Å²) in [4.78, 5) is 0. The Labute approximate surface area is 150 Å². The molecular weight excluding hydrogens is 300 g/mol. The summed E-state index contributed by atoms with van der Waals surface area (Å²) in [5.41, 5.74) is -0.439. The molecule has 0 aromatic heterocycles. The second-order valence-corrected chi connectivity index (χ2v) is 8.00. The van der Waals surface area contributed by atoms with Crippen LogP contribution in [0.15, 0.2) is 0 Å². The van der Waals surface area contributed by atoms with Crippen LogP contribution >= 0.6 is 0 Å². The van der Waals surface area contributed by atoms with E-state index in [1.165, 1.54) is 77.0 Å². The van der Waals surface area contributed by atoms with Crippen molar-refractivity contribution in [3.8, 4) is 0 Å². The SMILES string of the molecule is CCCCCCCCCCCCCCC[C@]1(C)OC[C@@H](CO)[C@@H]1O. The zero-order valence-electron chi connectivity index (χ0n) is 16.3. The van der Waals surface area contributed by atoms with Crippen LogP contribution in [0.1, 0.15) is 104 Å². The fourth-order valence-corrected chi connectivity index (χ4v) is 3.84. The highest BCUT2D eigenvalue weighted by atomic mass is 16.5. The fraction of sp³-hybridized carbons (Fsp3) is 1.00. The lowest BCUT2D eigenvalue weighted by Gasteiger charge is -2.28. The molecular formula is C21H42O3. The van der Waals surface area contributed by atoms with Crippen molar-refractivity contribution < 1.29 is 14.9 Å². The van der Waals surface area contributed by atoms with Crippen LogP contribution in [0.4, 0.5) is 0 Å². The third kappa shape index (κ3) is 8.31. The van der Waals surface area contributed by atoms with Gasteiger partial charge in [0.2, 0.25) is 0 Å². The maximum absolute atomic E-state index is 10.2. The van der Waals surface area contributed by atoms with Gasteiger partial charge >= 0.3 is 0 Å². The first-order chi connectivity index (χ1) is 11.6. The van der Waals surface area contributed by atoms with Gasteiger partial charge in [-0.25, -0.2) is 0 Å². The molecule has 1 rings (SSSR count). The van der Waals surface area contributed by atoms with Gasteiger partial charge in [0.25, 0.3) is 0 Å². The summed E-state index contributed by atoms with van der Waals surface area (Å²) in [6.07, 6.45) is 18.0. The number of aliphatic hydroxyl groups excluding tert-OH is 2. The van der Waals surface area contributed by atoms with E-state index in [2.05, 4.69) is 6.92 Å². The zero-order chi connectivity index (χ0) is 17.7. The summed E-state index contributed by atoms with van der Waals surface area (Å²) in [5, 5.41) is 19.4. The highest BCUT2D eigenvalue weighted by Gasteiger charge is 2.44. The topological polar surface area (TPSA) is 49.7 Å². The van der Waals surface area contributed by atoms with E-state index in [1.807, 2.05) is 6.92 Å². The molecule has 144 valence electrons. The lowest BCUT2D eigenvalue weighted by molar-refractivity contribution is -0.0539. The van der Waals surface area contributed by atoms with Gasteiger partial charge in [-0.3, -0.25) is 0 Å². The van der Waals surface area contributed by atoms with Gasteiger partial charge in [-0.1, -0.05) is 90.4 Å². The molecule has 24 heavy (non-hydrogen) atoms. The molecule has 1 fully saturated rings. The van der Waals surface area contributed by atoms with E-state index >= 15 is 0 Å². The molecule has 0 amide bonds. The maximum atomic E-state index is 10.2. The lowest BCUT2D eigenvalue weighted by Crippen LogP contribution is -2.39. The molecule has 1 aliphatic rings. The molecule has 0 aliphatic carbocycles. The Bertz CT molecular complexity index is 295. The van der Waals surface area contributed by atoms with E-state index in [4.69, 9.17) is 4.74 Å². The fourth-order valence-electron chi connectivity index (χ4n) is 3.84. The molecule has 0 spiro atoms. The van der Waals surface area contributed by atoms with Crippen LogP contribution in [-0.2, 0) is 4.74 Å². The number of hydrogen-bond donors (Lipinski definition) is 2. The Kier molecular flexibility index (Phi) is 12.0. The molecule has 0 radical (unpaired) electrons. The third-order valence-corrected chi connectivity index (χ3v) is 5.71. The Morgan fingerprint density at radius 3 is 1.71 bits per heavy atom. The minimum absolute atomic E-state index is 0.0232. The van der Waals surface area contributed by atoms with Crippen LogP contribution in [0.5, 0.6) is 0 Å². The highest BCUT2D eigenvalue weighted by molar-refractivity contribution is 4.93. The number of hydrogen-bond acceptors (Lipinski definition) is 3. The number of rotatable bonds is 15. The molecule has 0 saturated carbocycles. The summed E-state index contributed by atoms with van der Waals surface area (Å²) < 4.78 is 5.75. The van der Waals surface area contributed by atoms with Crippen LogP contribution in [-0.4, -0.2) is 35.1 Å².